The van der Waals surface area contributed by atoms with E-state index >= 15 is 0 Å². The Bertz CT molecular complexity index is 868. The molecule has 2 heterocycles. The molecule has 3 rings (SSSR count). The van der Waals surface area contributed by atoms with E-state index in [1.807, 2.05) is 13.8 Å². The van der Waals surface area contributed by atoms with Crippen LogP contribution in [0.1, 0.15) is 35.5 Å². The summed E-state index contributed by atoms with van der Waals surface area (Å²) in [5, 5.41) is 0. The Morgan fingerprint density at radius 1 is 1.19 bits per heavy atom. The fourth-order valence-electron chi connectivity index (χ4n) is 2.99. The van der Waals surface area contributed by atoms with Gasteiger partial charge in [-0.3, -0.25) is 9.78 Å². The molecule has 1 aromatic heterocycles. The summed E-state index contributed by atoms with van der Waals surface area (Å²) in [6.07, 6.45) is 4.54. The molecule has 1 aromatic carbocycles. The largest absolute Gasteiger partial charge is 0.372 e. The second-order valence-corrected chi connectivity index (χ2v) is 6.11. The Labute approximate surface area is 150 Å². The number of nitrogens with zero attached hydrogens (tertiary/aromatic N) is 3. The first-order chi connectivity index (χ1) is 12.5. The molecule has 1 fully saturated rings. The molecule has 0 bridgehead atoms. The van der Waals surface area contributed by atoms with Crippen LogP contribution in [0.5, 0.6) is 0 Å². The fourth-order valence-corrected chi connectivity index (χ4v) is 2.99. The van der Waals surface area contributed by atoms with Gasteiger partial charge in [0.25, 0.3) is 0 Å². The molecule has 0 radical (unpaired) electrons. The quantitative estimate of drug-likeness (QED) is 0.611. The number of ether oxygens (including phenoxy) is 1. The van der Waals surface area contributed by atoms with Crippen LogP contribution in [-0.4, -0.2) is 41.6 Å². The van der Waals surface area contributed by atoms with E-state index in [9.17, 15) is 13.6 Å². The Morgan fingerprint density at radius 3 is 2.54 bits per heavy atom. The van der Waals surface area contributed by atoms with Gasteiger partial charge in [0.05, 0.1) is 29.7 Å². The summed E-state index contributed by atoms with van der Waals surface area (Å²) in [4.78, 5) is 20.9. The van der Waals surface area contributed by atoms with Crippen molar-refractivity contribution in [2.45, 2.75) is 26.1 Å². The molecule has 0 aliphatic carbocycles. The van der Waals surface area contributed by atoms with Gasteiger partial charge in [0, 0.05) is 31.0 Å². The van der Waals surface area contributed by atoms with E-state index in [0.29, 0.717) is 25.1 Å². The lowest BCUT2D eigenvalue weighted by Gasteiger charge is -2.37. The van der Waals surface area contributed by atoms with E-state index in [1.165, 1.54) is 24.7 Å². The van der Waals surface area contributed by atoms with Gasteiger partial charge in [0.2, 0.25) is 0 Å². The number of benzene rings is 1. The lowest BCUT2D eigenvalue weighted by molar-refractivity contribution is -0.00547. The summed E-state index contributed by atoms with van der Waals surface area (Å²) in [6, 6.07) is 1.26. The smallest absolute Gasteiger partial charge is 0.184 e. The molecule has 1 aliphatic rings. The van der Waals surface area contributed by atoms with Gasteiger partial charge in [-0.05, 0) is 25.8 Å². The van der Waals surface area contributed by atoms with Crippen LogP contribution in [-0.2, 0) is 4.74 Å². The second-order valence-electron chi connectivity index (χ2n) is 6.11. The topological polar surface area (TPSA) is 55.3 Å². The number of hydrogen-bond acceptors (Lipinski definition) is 5. The average Bonchev–Trinajstić information content (AvgIpc) is 2.62. The highest BCUT2D eigenvalue weighted by Crippen LogP contribution is 2.30. The van der Waals surface area contributed by atoms with Crippen LogP contribution in [0.25, 0.3) is 0 Å². The molecule has 2 atom stereocenters. The van der Waals surface area contributed by atoms with Crippen molar-refractivity contribution in [2.24, 2.45) is 0 Å². The molecule has 0 N–H and O–H groups in total. The molecule has 7 heteroatoms. The zero-order chi connectivity index (χ0) is 18.7. The Balaban J connectivity index is 2.02. The number of anilines is 1. The van der Waals surface area contributed by atoms with Gasteiger partial charge in [-0.25, -0.2) is 13.8 Å². The molecular formula is C19H17F2N3O2. The minimum atomic E-state index is -1.09. The van der Waals surface area contributed by atoms with Crippen molar-refractivity contribution < 1.29 is 18.3 Å². The standard InChI is InChI=1S/C19H17F2N3O2/c1-12-9-24(10-13(2)26-12)19-15(11-25)7-14(17(20)18(19)21)3-4-16-8-22-5-6-23-16/h5-8,11-13H,9-10H2,1-2H3. The number of aromatic nitrogens is 2. The Kier molecular flexibility index (Phi) is 5.24. The second kappa shape index (κ2) is 7.58. The van der Waals surface area contributed by atoms with Gasteiger partial charge in [-0.2, -0.15) is 0 Å². The molecule has 2 unspecified atom stereocenters. The third kappa shape index (κ3) is 3.70. The van der Waals surface area contributed by atoms with Crippen LogP contribution in [0.15, 0.2) is 24.7 Å². The van der Waals surface area contributed by atoms with Crippen LogP contribution in [0.3, 0.4) is 0 Å². The molecule has 1 saturated heterocycles. The Hall–Kier alpha value is -2.85. The van der Waals surface area contributed by atoms with E-state index in [2.05, 4.69) is 21.8 Å². The van der Waals surface area contributed by atoms with E-state index in [0.717, 1.165) is 0 Å². The monoisotopic (exact) mass is 357 g/mol. The first kappa shape index (κ1) is 18.0. The third-order valence-electron chi connectivity index (χ3n) is 3.96. The highest BCUT2D eigenvalue weighted by molar-refractivity contribution is 5.86. The van der Waals surface area contributed by atoms with Crippen LogP contribution in [0.4, 0.5) is 14.5 Å². The van der Waals surface area contributed by atoms with Gasteiger partial charge >= 0.3 is 0 Å². The van der Waals surface area contributed by atoms with Crippen molar-refractivity contribution in [1.82, 2.24) is 9.97 Å². The van der Waals surface area contributed by atoms with Gasteiger partial charge in [0.1, 0.15) is 5.69 Å². The summed E-state index contributed by atoms with van der Waals surface area (Å²) in [5.74, 6) is 2.96. The number of carbonyl (C=O) groups is 1. The van der Waals surface area contributed by atoms with Crippen LogP contribution in [0.2, 0.25) is 0 Å². The molecule has 1 aliphatic heterocycles. The van der Waals surface area contributed by atoms with Crippen molar-refractivity contribution >= 4 is 12.0 Å². The molecule has 2 aromatic rings. The predicted octanol–water partition coefficient (Wildman–Crippen LogP) is 2.58. The van der Waals surface area contributed by atoms with E-state index in [4.69, 9.17) is 4.74 Å². The van der Waals surface area contributed by atoms with Crippen molar-refractivity contribution in [3.05, 3.63) is 53.1 Å². The number of aldehydes is 1. The molecule has 0 spiro atoms. The van der Waals surface area contributed by atoms with Crippen LogP contribution < -0.4 is 4.90 Å². The predicted molar refractivity (Wildman–Crippen MR) is 92.0 cm³/mol. The molecule has 5 nitrogen and oxygen atoms in total. The Morgan fingerprint density at radius 2 is 1.92 bits per heavy atom. The first-order valence-electron chi connectivity index (χ1n) is 8.15. The van der Waals surface area contributed by atoms with Crippen molar-refractivity contribution in [2.75, 3.05) is 18.0 Å². The van der Waals surface area contributed by atoms with Crippen LogP contribution >= 0.6 is 0 Å². The van der Waals surface area contributed by atoms with E-state index in [1.54, 1.807) is 4.90 Å². The number of hydrogen-bond donors (Lipinski definition) is 0. The summed E-state index contributed by atoms with van der Waals surface area (Å²) in [6.45, 7) is 4.43. The van der Waals surface area contributed by atoms with Crippen molar-refractivity contribution in [3.63, 3.8) is 0 Å². The highest BCUT2D eigenvalue weighted by Gasteiger charge is 2.28. The fraction of sp³-hybridized carbons (Fsp3) is 0.316. The number of rotatable bonds is 2. The SMILES string of the molecule is CC1CN(c2c(C=O)cc(C#Cc3cnccn3)c(F)c2F)CC(C)O1. The molecule has 0 amide bonds. The summed E-state index contributed by atoms with van der Waals surface area (Å²) >= 11 is 0. The number of morpholine rings is 1. The molecule has 0 saturated carbocycles. The lowest BCUT2D eigenvalue weighted by Crippen LogP contribution is -2.46. The number of halogens is 2. The highest BCUT2D eigenvalue weighted by atomic mass is 19.2. The van der Waals surface area contributed by atoms with Gasteiger partial charge in [-0.1, -0.05) is 5.92 Å². The van der Waals surface area contributed by atoms with Crippen molar-refractivity contribution in [1.29, 1.82) is 0 Å². The molecular weight excluding hydrogens is 340 g/mol. The summed E-state index contributed by atoms with van der Waals surface area (Å²) < 4.78 is 34.9. The van der Waals surface area contributed by atoms with E-state index in [-0.39, 0.29) is 29.0 Å². The van der Waals surface area contributed by atoms with Crippen LogP contribution in [0, 0.1) is 23.5 Å². The maximum atomic E-state index is 14.8. The van der Waals surface area contributed by atoms with Crippen molar-refractivity contribution in [3.8, 4) is 11.8 Å². The number of carbonyl (C=O) groups excluding carboxylic acids is 1. The van der Waals surface area contributed by atoms with Gasteiger partial charge in [-0.15, -0.1) is 0 Å². The molecule has 26 heavy (non-hydrogen) atoms. The average molecular weight is 357 g/mol. The molecule has 134 valence electrons. The zero-order valence-electron chi connectivity index (χ0n) is 14.4. The van der Waals surface area contributed by atoms with Gasteiger partial charge < -0.3 is 9.64 Å². The zero-order valence-corrected chi connectivity index (χ0v) is 14.4. The minimum Gasteiger partial charge on any atom is -0.372 e. The lowest BCUT2D eigenvalue weighted by atomic mass is 10.0. The maximum absolute atomic E-state index is 14.8. The summed E-state index contributed by atoms with van der Waals surface area (Å²) in [5.41, 5.74) is 0.117. The maximum Gasteiger partial charge on any atom is 0.184 e. The third-order valence-corrected chi connectivity index (χ3v) is 3.96. The van der Waals surface area contributed by atoms with Gasteiger partial charge in [0.15, 0.2) is 17.9 Å². The minimum absolute atomic E-state index is 0.0497. The normalized spacial score (nSPS) is 19.6. The summed E-state index contributed by atoms with van der Waals surface area (Å²) in [7, 11) is 0. The van der Waals surface area contributed by atoms with E-state index < -0.39 is 11.6 Å². The first-order valence-corrected chi connectivity index (χ1v) is 8.15.